The molecule has 1 aromatic heterocycles. The number of hydrogen-bond acceptors (Lipinski definition) is 0. The highest BCUT2D eigenvalue weighted by atomic mass is 14.7. The van der Waals surface area contributed by atoms with E-state index in [-0.39, 0.29) is 1.43 Å². The summed E-state index contributed by atoms with van der Waals surface area (Å²) in [5.74, 6) is 0.625. The summed E-state index contributed by atoms with van der Waals surface area (Å²) in [4.78, 5) is 3.20. The number of aryl methyl sites for hydroxylation is 1. The number of aromatic amines is 1. The number of H-pyrrole nitrogens is 1. The number of hydrogen-bond donors (Lipinski definition) is 1. The smallest absolute Gasteiger partial charge is 0.0202 e. The Balaban J connectivity index is 0.000000810. The molecule has 0 aliphatic heterocycles. The molecule has 0 unspecified atom stereocenters. The maximum absolute atomic E-state index is 3.20. The number of nitrogens with one attached hydrogen (secondary N) is 1. The van der Waals surface area contributed by atoms with Crippen molar-refractivity contribution < 1.29 is 1.43 Å². The fourth-order valence-corrected chi connectivity index (χ4v) is 1.08. The molecule has 1 heterocycles. The van der Waals surface area contributed by atoms with Crippen molar-refractivity contribution in [3.05, 3.63) is 23.5 Å². The van der Waals surface area contributed by atoms with E-state index >= 15 is 0 Å². The zero-order valence-electron chi connectivity index (χ0n) is 6.23. The van der Waals surface area contributed by atoms with Crippen LogP contribution < -0.4 is 0 Å². The summed E-state index contributed by atoms with van der Waals surface area (Å²) in [7, 11) is 0. The van der Waals surface area contributed by atoms with Gasteiger partial charge in [-0.3, -0.25) is 0 Å². The second-order valence-corrected chi connectivity index (χ2v) is 2.73. The van der Waals surface area contributed by atoms with Crippen molar-refractivity contribution in [2.75, 3.05) is 0 Å². The molecular formula is C8H15N. The third-order valence-electron chi connectivity index (χ3n) is 1.57. The van der Waals surface area contributed by atoms with Gasteiger partial charge >= 0.3 is 0 Å². The van der Waals surface area contributed by atoms with Gasteiger partial charge in [0.1, 0.15) is 0 Å². The first-order valence-corrected chi connectivity index (χ1v) is 3.35. The van der Waals surface area contributed by atoms with Crippen LogP contribution in [-0.4, -0.2) is 4.98 Å². The molecule has 1 heteroatoms. The summed E-state index contributed by atoms with van der Waals surface area (Å²) < 4.78 is 0. The van der Waals surface area contributed by atoms with Crippen LogP contribution in [0.5, 0.6) is 0 Å². The topological polar surface area (TPSA) is 15.8 Å². The Bertz CT molecular complexity index is 191. The molecule has 0 aliphatic rings. The molecule has 0 atom stereocenters. The van der Waals surface area contributed by atoms with Gasteiger partial charge in [-0.15, -0.1) is 0 Å². The third-order valence-corrected chi connectivity index (χ3v) is 1.57. The molecule has 1 N–H and O–H groups in total. The molecule has 0 aliphatic carbocycles. The van der Waals surface area contributed by atoms with E-state index in [1.54, 1.807) is 0 Å². The minimum absolute atomic E-state index is 0. The first-order valence-electron chi connectivity index (χ1n) is 3.35. The van der Waals surface area contributed by atoms with E-state index in [1.807, 2.05) is 6.20 Å². The van der Waals surface area contributed by atoms with Crippen molar-refractivity contribution >= 4 is 0 Å². The van der Waals surface area contributed by atoms with Gasteiger partial charge < -0.3 is 4.98 Å². The summed E-state index contributed by atoms with van der Waals surface area (Å²) in [6.07, 6.45) is 1.99. The van der Waals surface area contributed by atoms with Crippen LogP contribution in [0.4, 0.5) is 0 Å². The molecule has 1 rings (SSSR count). The number of aromatic nitrogens is 1. The van der Waals surface area contributed by atoms with E-state index in [2.05, 4.69) is 31.8 Å². The van der Waals surface area contributed by atoms with Crippen LogP contribution in [0.2, 0.25) is 0 Å². The van der Waals surface area contributed by atoms with Crippen LogP contribution in [-0.2, 0) is 0 Å². The van der Waals surface area contributed by atoms with Gasteiger partial charge in [-0.1, -0.05) is 13.8 Å². The zero-order valence-corrected chi connectivity index (χ0v) is 6.23. The molecule has 1 aromatic rings. The Labute approximate surface area is 57.6 Å². The Morgan fingerprint density at radius 3 is 2.44 bits per heavy atom. The maximum atomic E-state index is 3.20. The van der Waals surface area contributed by atoms with Crippen molar-refractivity contribution in [3.8, 4) is 0 Å². The Hall–Kier alpha value is -0.720. The second-order valence-electron chi connectivity index (χ2n) is 2.73. The van der Waals surface area contributed by atoms with Crippen LogP contribution in [0.25, 0.3) is 0 Å². The number of rotatable bonds is 1. The zero-order chi connectivity index (χ0) is 6.85. The predicted molar refractivity (Wildman–Crippen MR) is 41.7 cm³/mol. The van der Waals surface area contributed by atoms with Gasteiger partial charge in [-0.25, -0.2) is 0 Å². The third kappa shape index (κ3) is 1.15. The lowest BCUT2D eigenvalue weighted by Crippen LogP contribution is -1.88. The summed E-state index contributed by atoms with van der Waals surface area (Å²) in [6.45, 7) is 6.52. The van der Waals surface area contributed by atoms with E-state index < -0.39 is 0 Å². The maximum Gasteiger partial charge on any atom is 0.0202 e. The summed E-state index contributed by atoms with van der Waals surface area (Å²) in [5, 5.41) is 0. The van der Waals surface area contributed by atoms with Crippen LogP contribution in [0.3, 0.4) is 0 Å². The van der Waals surface area contributed by atoms with Crippen LogP contribution in [0.1, 0.15) is 32.4 Å². The average Bonchev–Trinajstić information content (AvgIpc) is 2.13. The van der Waals surface area contributed by atoms with Gasteiger partial charge in [-0.05, 0) is 24.5 Å². The monoisotopic (exact) mass is 125 g/mol. The second kappa shape index (κ2) is 2.26. The van der Waals surface area contributed by atoms with Gasteiger partial charge in [0, 0.05) is 13.3 Å². The first-order chi connectivity index (χ1) is 4.22. The predicted octanol–water partition coefficient (Wildman–Crippen LogP) is 2.69. The first kappa shape index (κ1) is 6.40. The lowest BCUT2D eigenvalue weighted by Gasteiger charge is -2.01. The fraction of sp³-hybridized carbons (Fsp3) is 0.500. The van der Waals surface area contributed by atoms with Crippen molar-refractivity contribution in [2.24, 2.45) is 0 Å². The summed E-state index contributed by atoms with van der Waals surface area (Å²) in [5.41, 5.74) is 2.72. The average molecular weight is 125 g/mol. The molecule has 0 bridgehead atoms. The van der Waals surface area contributed by atoms with E-state index in [0.29, 0.717) is 5.92 Å². The SMILES string of the molecule is Cc1cc[nH]c1C(C)C.[HH]. The highest BCUT2D eigenvalue weighted by Crippen LogP contribution is 2.15. The fourth-order valence-electron chi connectivity index (χ4n) is 1.08. The van der Waals surface area contributed by atoms with E-state index in [0.717, 1.165) is 0 Å². The molecule has 0 fully saturated rings. The van der Waals surface area contributed by atoms with Crippen LogP contribution in [0, 0.1) is 6.92 Å². The van der Waals surface area contributed by atoms with E-state index in [1.165, 1.54) is 11.3 Å². The van der Waals surface area contributed by atoms with Gasteiger partial charge in [0.05, 0.1) is 0 Å². The van der Waals surface area contributed by atoms with Crippen molar-refractivity contribution in [1.82, 2.24) is 4.98 Å². The Morgan fingerprint density at radius 2 is 2.22 bits per heavy atom. The molecule has 1 nitrogen and oxygen atoms in total. The van der Waals surface area contributed by atoms with Gasteiger partial charge in [0.25, 0.3) is 0 Å². The lowest BCUT2D eigenvalue weighted by atomic mass is 10.1. The molecule has 0 saturated heterocycles. The van der Waals surface area contributed by atoms with E-state index in [4.69, 9.17) is 0 Å². The van der Waals surface area contributed by atoms with E-state index in [9.17, 15) is 0 Å². The molecule has 0 aromatic carbocycles. The Kier molecular flexibility index (Phi) is 1.60. The molecule has 52 valence electrons. The largest absolute Gasteiger partial charge is 0.365 e. The van der Waals surface area contributed by atoms with Crippen LogP contribution in [0.15, 0.2) is 12.3 Å². The normalized spacial score (nSPS) is 10.7. The van der Waals surface area contributed by atoms with Crippen molar-refractivity contribution in [1.29, 1.82) is 0 Å². The molecule has 0 spiro atoms. The standard InChI is InChI=1S/C8H13N.H2/c1-6(2)8-7(3)4-5-9-8;/h4-6,9H,1-3H3;1H. The van der Waals surface area contributed by atoms with Crippen molar-refractivity contribution in [3.63, 3.8) is 0 Å². The van der Waals surface area contributed by atoms with Gasteiger partial charge in [-0.2, -0.15) is 0 Å². The summed E-state index contributed by atoms with van der Waals surface area (Å²) in [6, 6.07) is 2.11. The minimum Gasteiger partial charge on any atom is -0.365 e. The minimum atomic E-state index is 0. The molecule has 9 heavy (non-hydrogen) atoms. The van der Waals surface area contributed by atoms with Gasteiger partial charge in [0.15, 0.2) is 0 Å². The molecule has 0 amide bonds. The van der Waals surface area contributed by atoms with Crippen LogP contribution >= 0.6 is 0 Å². The summed E-state index contributed by atoms with van der Waals surface area (Å²) >= 11 is 0. The quantitative estimate of drug-likeness (QED) is 0.594. The molecule has 0 saturated carbocycles. The lowest BCUT2D eigenvalue weighted by molar-refractivity contribution is 0.824. The highest BCUT2D eigenvalue weighted by molar-refractivity contribution is 5.20. The Morgan fingerprint density at radius 1 is 1.56 bits per heavy atom. The van der Waals surface area contributed by atoms with Gasteiger partial charge in [0.2, 0.25) is 0 Å². The molecule has 0 radical (unpaired) electrons. The van der Waals surface area contributed by atoms with Crippen molar-refractivity contribution in [2.45, 2.75) is 26.7 Å². The highest BCUT2D eigenvalue weighted by Gasteiger charge is 2.01. The molecular weight excluding hydrogens is 110 g/mol.